The average molecular weight is 360 g/mol. The Balaban J connectivity index is 1.93. The third-order valence-corrected chi connectivity index (χ3v) is 3.59. The first-order valence-electron chi connectivity index (χ1n) is 7.75. The zero-order valence-corrected chi connectivity index (χ0v) is 14.4. The van der Waals surface area contributed by atoms with Gasteiger partial charge < -0.3 is 29.5 Å². The molecule has 3 N–H and O–H groups in total. The van der Waals surface area contributed by atoms with Crippen molar-refractivity contribution in [3.05, 3.63) is 47.5 Å². The molecule has 0 heterocycles. The fourth-order valence-corrected chi connectivity index (χ4v) is 2.22. The number of esters is 1. The topological polar surface area (TPSA) is 105 Å². The number of methoxy groups -OCH3 is 2. The first-order chi connectivity index (χ1) is 12.4. The van der Waals surface area contributed by atoms with Crippen molar-refractivity contribution in [2.45, 2.75) is 6.42 Å². The predicted octanol–water partition coefficient (Wildman–Crippen LogP) is 2.62. The second kappa shape index (κ2) is 8.66. The van der Waals surface area contributed by atoms with Crippen LogP contribution in [0.2, 0.25) is 0 Å². The Morgan fingerprint density at radius 1 is 1.00 bits per heavy atom. The van der Waals surface area contributed by atoms with E-state index in [0.29, 0.717) is 12.0 Å². The summed E-state index contributed by atoms with van der Waals surface area (Å²) in [6.45, 7) is 0.121. The molecule has 26 heavy (non-hydrogen) atoms. The van der Waals surface area contributed by atoms with Crippen LogP contribution < -0.4 is 9.47 Å². The molecule has 7 nitrogen and oxygen atoms in total. The van der Waals surface area contributed by atoms with E-state index in [-0.39, 0.29) is 35.4 Å². The van der Waals surface area contributed by atoms with Gasteiger partial charge in [-0.15, -0.1) is 0 Å². The van der Waals surface area contributed by atoms with Crippen LogP contribution in [-0.2, 0) is 16.0 Å². The van der Waals surface area contributed by atoms with Crippen molar-refractivity contribution >= 4 is 12.0 Å². The summed E-state index contributed by atoms with van der Waals surface area (Å²) in [6, 6.07) is 7.53. The van der Waals surface area contributed by atoms with E-state index in [0.717, 1.165) is 5.56 Å². The minimum Gasteiger partial charge on any atom is -0.504 e. The summed E-state index contributed by atoms with van der Waals surface area (Å²) in [5.41, 5.74) is 1.32. The maximum absolute atomic E-state index is 11.8. The van der Waals surface area contributed by atoms with E-state index in [2.05, 4.69) is 0 Å². The Bertz CT molecular complexity index is 787. The Hall–Kier alpha value is -3.35. The second-order valence-corrected chi connectivity index (χ2v) is 5.35. The lowest BCUT2D eigenvalue weighted by molar-refractivity contribution is -0.137. The summed E-state index contributed by atoms with van der Waals surface area (Å²) in [5.74, 6) is -0.628. The lowest BCUT2D eigenvalue weighted by Gasteiger charge is -2.09. The molecule has 2 rings (SSSR count). The molecular weight excluding hydrogens is 340 g/mol. The van der Waals surface area contributed by atoms with Gasteiger partial charge >= 0.3 is 5.97 Å². The van der Waals surface area contributed by atoms with Crippen LogP contribution in [0.3, 0.4) is 0 Å². The van der Waals surface area contributed by atoms with Crippen molar-refractivity contribution in [1.82, 2.24) is 0 Å². The molecular formula is C19H20O7. The van der Waals surface area contributed by atoms with Crippen LogP contribution in [0.5, 0.6) is 28.7 Å². The van der Waals surface area contributed by atoms with Gasteiger partial charge in [0.1, 0.15) is 0 Å². The van der Waals surface area contributed by atoms with Crippen molar-refractivity contribution in [2.24, 2.45) is 0 Å². The first-order valence-corrected chi connectivity index (χ1v) is 7.75. The maximum atomic E-state index is 11.8. The highest BCUT2D eigenvalue weighted by Crippen LogP contribution is 2.37. The smallest absolute Gasteiger partial charge is 0.330 e. The molecule has 0 saturated carbocycles. The van der Waals surface area contributed by atoms with Crippen molar-refractivity contribution in [3.63, 3.8) is 0 Å². The fraction of sp³-hybridized carbons (Fsp3) is 0.211. The molecule has 138 valence electrons. The number of benzene rings is 2. The molecule has 7 heteroatoms. The molecule has 0 aromatic heterocycles. The maximum Gasteiger partial charge on any atom is 0.330 e. The molecule has 0 radical (unpaired) electrons. The summed E-state index contributed by atoms with van der Waals surface area (Å²) in [7, 11) is 2.83. The van der Waals surface area contributed by atoms with Crippen LogP contribution in [0.15, 0.2) is 36.4 Å². The Kier molecular flexibility index (Phi) is 6.32. The highest BCUT2D eigenvalue weighted by molar-refractivity contribution is 5.87. The van der Waals surface area contributed by atoms with E-state index < -0.39 is 5.97 Å². The van der Waals surface area contributed by atoms with Gasteiger partial charge in [-0.25, -0.2) is 4.79 Å². The van der Waals surface area contributed by atoms with Crippen LogP contribution in [0, 0.1) is 0 Å². The Morgan fingerprint density at radius 2 is 1.65 bits per heavy atom. The molecule has 0 amide bonds. The van der Waals surface area contributed by atoms with E-state index in [1.807, 2.05) is 0 Å². The standard InChI is InChI=1S/C19H20O7/c1-24-16-10-13(11-17(25-2)19(16)23)4-6-18(22)26-8-7-12-3-5-14(20)15(21)9-12/h3-6,9-11,20-21,23H,7-8H2,1-2H3/b6-4+. The summed E-state index contributed by atoms with van der Waals surface area (Å²) in [6.07, 6.45) is 3.16. The molecule has 0 aliphatic carbocycles. The van der Waals surface area contributed by atoms with Gasteiger partial charge in [0.2, 0.25) is 5.75 Å². The predicted molar refractivity (Wildman–Crippen MR) is 94.7 cm³/mol. The molecule has 0 saturated heterocycles. The average Bonchev–Trinajstić information content (AvgIpc) is 2.63. The van der Waals surface area contributed by atoms with Gasteiger partial charge in [0.25, 0.3) is 0 Å². The van der Waals surface area contributed by atoms with Gasteiger partial charge in [0.15, 0.2) is 23.0 Å². The molecule has 2 aromatic carbocycles. The molecule has 0 atom stereocenters. The summed E-state index contributed by atoms with van der Waals surface area (Å²) >= 11 is 0. The quantitative estimate of drug-likeness (QED) is 0.396. The molecule has 0 aliphatic rings. The monoisotopic (exact) mass is 360 g/mol. The number of aromatic hydroxyl groups is 3. The van der Waals surface area contributed by atoms with Crippen molar-refractivity contribution in [2.75, 3.05) is 20.8 Å². The van der Waals surface area contributed by atoms with Gasteiger partial charge in [-0.1, -0.05) is 6.07 Å². The number of hydrogen-bond acceptors (Lipinski definition) is 7. The van der Waals surface area contributed by atoms with Crippen LogP contribution in [-0.4, -0.2) is 42.1 Å². The van der Waals surface area contributed by atoms with Crippen LogP contribution >= 0.6 is 0 Å². The molecule has 2 aromatic rings. The van der Waals surface area contributed by atoms with Crippen molar-refractivity contribution < 1.29 is 34.3 Å². The van der Waals surface area contributed by atoms with Gasteiger partial charge in [-0.3, -0.25) is 0 Å². The highest BCUT2D eigenvalue weighted by atomic mass is 16.5. The number of rotatable bonds is 7. The number of hydrogen-bond donors (Lipinski definition) is 3. The summed E-state index contributed by atoms with van der Waals surface area (Å²) in [5, 5.41) is 28.5. The lowest BCUT2D eigenvalue weighted by Crippen LogP contribution is -2.04. The summed E-state index contributed by atoms with van der Waals surface area (Å²) in [4.78, 5) is 11.8. The van der Waals surface area contributed by atoms with Crippen LogP contribution in [0.25, 0.3) is 6.08 Å². The second-order valence-electron chi connectivity index (χ2n) is 5.35. The lowest BCUT2D eigenvalue weighted by atomic mass is 10.1. The molecule has 0 aliphatic heterocycles. The van der Waals surface area contributed by atoms with E-state index in [4.69, 9.17) is 14.2 Å². The van der Waals surface area contributed by atoms with E-state index in [9.17, 15) is 20.1 Å². The zero-order chi connectivity index (χ0) is 19.1. The van der Waals surface area contributed by atoms with E-state index in [1.54, 1.807) is 18.2 Å². The summed E-state index contributed by atoms with van der Waals surface area (Å²) < 4.78 is 15.2. The van der Waals surface area contributed by atoms with Gasteiger partial charge in [0, 0.05) is 12.5 Å². The number of carbonyl (C=O) groups is 1. The van der Waals surface area contributed by atoms with E-state index >= 15 is 0 Å². The van der Waals surface area contributed by atoms with Crippen molar-refractivity contribution in [3.8, 4) is 28.7 Å². The molecule has 0 bridgehead atoms. The zero-order valence-electron chi connectivity index (χ0n) is 14.4. The number of phenols is 3. The number of ether oxygens (including phenoxy) is 3. The molecule has 0 unspecified atom stereocenters. The van der Waals surface area contributed by atoms with Crippen molar-refractivity contribution in [1.29, 1.82) is 0 Å². The SMILES string of the molecule is COc1cc(/C=C/C(=O)OCCc2ccc(O)c(O)c2)cc(OC)c1O. The molecule has 0 fully saturated rings. The van der Waals surface area contributed by atoms with Crippen LogP contribution in [0.4, 0.5) is 0 Å². The molecule has 0 spiro atoms. The highest BCUT2D eigenvalue weighted by Gasteiger charge is 2.10. The third kappa shape index (κ3) is 4.83. The van der Waals surface area contributed by atoms with Gasteiger partial charge in [-0.2, -0.15) is 0 Å². The van der Waals surface area contributed by atoms with Crippen LogP contribution in [0.1, 0.15) is 11.1 Å². The van der Waals surface area contributed by atoms with E-state index in [1.165, 1.54) is 38.5 Å². The minimum atomic E-state index is -0.543. The van der Waals surface area contributed by atoms with Gasteiger partial charge in [0.05, 0.1) is 20.8 Å². The Labute approximate surface area is 150 Å². The number of phenolic OH excluding ortho intramolecular Hbond substituents is 3. The normalized spacial score (nSPS) is 10.7. The minimum absolute atomic E-state index is 0.119. The fourth-order valence-electron chi connectivity index (χ4n) is 2.22. The largest absolute Gasteiger partial charge is 0.504 e. The van der Waals surface area contributed by atoms with Gasteiger partial charge in [-0.05, 0) is 41.5 Å². The number of carbonyl (C=O) groups excluding carboxylic acids is 1. The third-order valence-electron chi connectivity index (χ3n) is 3.59. The Morgan fingerprint density at radius 3 is 2.23 bits per heavy atom. The first kappa shape index (κ1) is 19.0.